The molecule has 0 radical (unpaired) electrons. The van der Waals surface area contributed by atoms with Crippen LogP contribution in [0.2, 0.25) is 10.0 Å². The molecule has 0 spiro atoms. The topological polar surface area (TPSA) is 136 Å². The average molecular weight is 700 g/mol. The first-order chi connectivity index (χ1) is 23.5. The summed E-state index contributed by atoms with van der Waals surface area (Å²) in [7, 11) is 2.90. The molecule has 11 nitrogen and oxygen atoms in total. The number of rotatable bonds is 11. The molecule has 49 heavy (non-hydrogen) atoms. The van der Waals surface area contributed by atoms with Gasteiger partial charge in [-0.15, -0.1) is 0 Å². The van der Waals surface area contributed by atoms with Crippen LogP contribution >= 0.6 is 23.2 Å². The SMILES string of the molecule is C=CC(=O)Nc1ccc(Cn2c(=O)c(-c3c(Cl)c(OC)cc(OC)c3Cl)cc3cnc(Nc4c(C)cc(C)cc4NC(=O)C=C)nc32)cc1. The maximum absolute atomic E-state index is 14.5. The lowest BCUT2D eigenvalue weighted by Gasteiger charge is -2.18. The molecule has 0 aliphatic heterocycles. The van der Waals surface area contributed by atoms with E-state index in [9.17, 15) is 14.4 Å². The van der Waals surface area contributed by atoms with Gasteiger partial charge in [-0.1, -0.05) is 54.6 Å². The lowest BCUT2D eigenvalue weighted by Crippen LogP contribution is -2.24. The van der Waals surface area contributed by atoms with Crippen molar-refractivity contribution >= 4 is 69.1 Å². The van der Waals surface area contributed by atoms with Gasteiger partial charge >= 0.3 is 0 Å². The number of ether oxygens (including phenoxy) is 2. The summed E-state index contributed by atoms with van der Waals surface area (Å²) in [5, 5.41) is 9.50. The number of aromatic nitrogens is 3. The van der Waals surface area contributed by atoms with Crippen molar-refractivity contribution in [3.05, 3.63) is 117 Å². The highest BCUT2D eigenvalue weighted by Crippen LogP contribution is 2.45. The van der Waals surface area contributed by atoms with Crippen molar-refractivity contribution in [1.29, 1.82) is 0 Å². The minimum atomic E-state index is -0.453. The van der Waals surface area contributed by atoms with Gasteiger partial charge in [0.05, 0.1) is 47.7 Å². The number of hydrogen-bond acceptors (Lipinski definition) is 8. The number of pyridine rings is 1. The third kappa shape index (κ3) is 7.28. The van der Waals surface area contributed by atoms with Gasteiger partial charge in [-0.3, -0.25) is 19.0 Å². The predicted molar refractivity (Wildman–Crippen MR) is 195 cm³/mol. The second-order valence-electron chi connectivity index (χ2n) is 10.9. The molecule has 13 heteroatoms. The summed E-state index contributed by atoms with van der Waals surface area (Å²) in [5.74, 6) is -0.0150. The molecule has 3 N–H and O–H groups in total. The van der Waals surface area contributed by atoms with Gasteiger partial charge in [0.15, 0.2) is 0 Å². The van der Waals surface area contributed by atoms with Crippen LogP contribution in [0.4, 0.5) is 23.0 Å². The molecule has 5 rings (SSSR count). The van der Waals surface area contributed by atoms with Crippen LogP contribution in [0.1, 0.15) is 16.7 Å². The molecule has 0 atom stereocenters. The first kappa shape index (κ1) is 34.7. The number of anilines is 4. The van der Waals surface area contributed by atoms with E-state index in [-0.39, 0.29) is 57.0 Å². The van der Waals surface area contributed by atoms with E-state index in [2.05, 4.69) is 34.1 Å². The van der Waals surface area contributed by atoms with Gasteiger partial charge in [0.2, 0.25) is 17.8 Å². The zero-order chi connectivity index (χ0) is 35.4. The molecule has 0 fully saturated rings. The number of carbonyl (C=O) groups is 2. The Balaban J connectivity index is 1.70. The molecule has 2 aromatic heterocycles. The van der Waals surface area contributed by atoms with Gasteiger partial charge in [0.25, 0.3) is 5.56 Å². The van der Waals surface area contributed by atoms with Gasteiger partial charge in [-0.05, 0) is 67.0 Å². The number of nitrogens with zero attached hydrogens (tertiary/aromatic N) is 3. The van der Waals surface area contributed by atoms with Crippen LogP contribution in [0, 0.1) is 13.8 Å². The van der Waals surface area contributed by atoms with Crippen LogP contribution in [0.25, 0.3) is 22.2 Å². The fourth-order valence-electron chi connectivity index (χ4n) is 5.26. The quantitative estimate of drug-likeness (QED) is 0.121. The normalized spacial score (nSPS) is 10.7. The number of hydrogen-bond donors (Lipinski definition) is 3. The number of fused-ring (bicyclic) bond motifs is 1. The monoisotopic (exact) mass is 698 g/mol. The van der Waals surface area contributed by atoms with Crippen LogP contribution in [0.3, 0.4) is 0 Å². The molecule has 0 aliphatic rings. The van der Waals surface area contributed by atoms with Crippen molar-refractivity contribution in [3.63, 3.8) is 0 Å². The Bertz CT molecular complexity index is 2170. The molecule has 5 aromatic rings. The molecule has 2 amide bonds. The third-order valence-electron chi connectivity index (χ3n) is 7.58. The molecular weight excluding hydrogens is 667 g/mol. The van der Waals surface area contributed by atoms with E-state index < -0.39 is 5.56 Å². The highest BCUT2D eigenvalue weighted by Gasteiger charge is 2.24. The van der Waals surface area contributed by atoms with Crippen molar-refractivity contribution in [2.24, 2.45) is 0 Å². The molecule has 2 heterocycles. The van der Waals surface area contributed by atoms with E-state index in [4.69, 9.17) is 37.7 Å². The Hall–Kier alpha value is -5.65. The summed E-state index contributed by atoms with van der Waals surface area (Å²) >= 11 is 13.5. The Morgan fingerprint density at radius 1 is 0.918 bits per heavy atom. The summed E-state index contributed by atoms with van der Waals surface area (Å²) in [4.78, 5) is 47.8. The molecule has 250 valence electrons. The summed E-state index contributed by atoms with van der Waals surface area (Å²) in [6.45, 7) is 10.9. The number of aryl methyl sites for hydroxylation is 2. The standard InChI is InChI=1S/C36H32Cl2N6O5/c1-7-28(45)40-23-11-9-21(10-12-23)18-44-34-22(15-24(35(44)47)30-31(37)26(48-5)16-27(49-6)32(30)38)17-39-36(43-34)42-33-20(4)13-19(3)14-25(33)41-29(46)8-2/h7-17H,1-2,18H2,3-6H3,(H,40,45)(H,41,46)(H,39,42,43). The Labute approximate surface area is 292 Å². The Morgan fingerprint density at radius 3 is 2.16 bits per heavy atom. The van der Waals surface area contributed by atoms with E-state index in [1.165, 1.54) is 30.9 Å². The first-order valence-corrected chi connectivity index (χ1v) is 15.6. The summed E-state index contributed by atoms with van der Waals surface area (Å²) in [5.41, 5.74) is 4.39. The van der Waals surface area contributed by atoms with Gasteiger partial charge < -0.3 is 25.4 Å². The smallest absolute Gasteiger partial charge is 0.260 e. The van der Waals surface area contributed by atoms with Crippen molar-refractivity contribution in [3.8, 4) is 22.6 Å². The van der Waals surface area contributed by atoms with Gasteiger partial charge in [0, 0.05) is 28.9 Å². The lowest BCUT2D eigenvalue weighted by molar-refractivity contribution is -0.112. The zero-order valence-corrected chi connectivity index (χ0v) is 28.6. The van der Waals surface area contributed by atoms with Crippen LogP contribution in [-0.4, -0.2) is 40.6 Å². The summed E-state index contributed by atoms with van der Waals surface area (Å²) < 4.78 is 12.4. The van der Waals surface area contributed by atoms with Gasteiger partial charge in [0.1, 0.15) is 17.1 Å². The Morgan fingerprint density at radius 2 is 1.55 bits per heavy atom. The molecule has 0 aliphatic carbocycles. The average Bonchev–Trinajstić information content (AvgIpc) is 3.08. The van der Waals surface area contributed by atoms with Crippen molar-refractivity contribution in [2.45, 2.75) is 20.4 Å². The van der Waals surface area contributed by atoms with E-state index in [0.717, 1.165) is 16.7 Å². The molecule has 0 unspecified atom stereocenters. The van der Waals surface area contributed by atoms with E-state index >= 15 is 0 Å². The van der Waals surface area contributed by atoms with Crippen LogP contribution in [0.15, 0.2) is 84.8 Å². The molecular formula is C36H32Cl2N6O5. The predicted octanol–water partition coefficient (Wildman–Crippen LogP) is 7.44. The maximum atomic E-state index is 14.5. The minimum Gasteiger partial charge on any atom is -0.495 e. The third-order valence-corrected chi connectivity index (χ3v) is 8.33. The number of nitrogens with one attached hydrogen (secondary N) is 3. The van der Waals surface area contributed by atoms with E-state index in [1.807, 2.05) is 26.0 Å². The molecule has 0 bridgehead atoms. The van der Waals surface area contributed by atoms with Crippen LogP contribution in [-0.2, 0) is 16.1 Å². The number of amides is 2. The number of carbonyl (C=O) groups excluding carboxylic acids is 2. The highest BCUT2D eigenvalue weighted by atomic mass is 35.5. The van der Waals surface area contributed by atoms with Gasteiger partial charge in [-0.2, -0.15) is 4.98 Å². The molecule has 0 saturated heterocycles. The fourth-order valence-corrected chi connectivity index (χ4v) is 5.97. The fraction of sp³-hybridized carbons (Fsp3) is 0.139. The van der Waals surface area contributed by atoms with Crippen LogP contribution < -0.4 is 31.0 Å². The Kier molecular flexibility index (Phi) is 10.4. The van der Waals surface area contributed by atoms with E-state index in [1.54, 1.807) is 42.6 Å². The lowest BCUT2D eigenvalue weighted by atomic mass is 10.0. The van der Waals surface area contributed by atoms with Crippen molar-refractivity contribution < 1.29 is 19.1 Å². The first-order valence-electron chi connectivity index (χ1n) is 14.8. The molecule has 0 saturated carbocycles. The number of methoxy groups -OCH3 is 2. The van der Waals surface area contributed by atoms with Gasteiger partial charge in [-0.25, -0.2) is 4.98 Å². The van der Waals surface area contributed by atoms with Crippen molar-refractivity contribution in [1.82, 2.24) is 14.5 Å². The number of halogens is 2. The minimum absolute atomic E-state index is 0.0792. The summed E-state index contributed by atoms with van der Waals surface area (Å²) in [6.07, 6.45) is 3.93. The number of benzene rings is 3. The second kappa shape index (κ2) is 14.6. The van der Waals surface area contributed by atoms with Crippen LogP contribution in [0.5, 0.6) is 11.5 Å². The molecule has 3 aromatic carbocycles. The maximum Gasteiger partial charge on any atom is 0.260 e. The van der Waals surface area contributed by atoms with Crippen molar-refractivity contribution in [2.75, 3.05) is 30.2 Å². The zero-order valence-electron chi connectivity index (χ0n) is 27.1. The largest absolute Gasteiger partial charge is 0.495 e. The second-order valence-corrected chi connectivity index (χ2v) is 11.7. The summed E-state index contributed by atoms with van der Waals surface area (Å²) in [6, 6.07) is 13.9. The van der Waals surface area contributed by atoms with E-state index in [0.29, 0.717) is 28.1 Å². The highest BCUT2D eigenvalue weighted by molar-refractivity contribution is 6.41.